The number of imide groups is 1. The van der Waals surface area contributed by atoms with E-state index >= 15 is 0 Å². The largest absolute Gasteiger partial charge is 0.379 e. The summed E-state index contributed by atoms with van der Waals surface area (Å²) in [5.74, 6) is 0.575. The summed E-state index contributed by atoms with van der Waals surface area (Å²) in [4.78, 5) is 28.5. The van der Waals surface area contributed by atoms with Crippen LogP contribution in [0.5, 0.6) is 0 Å². The lowest BCUT2D eigenvalue weighted by Crippen LogP contribution is -2.32. The van der Waals surface area contributed by atoms with Gasteiger partial charge in [0.2, 0.25) is 0 Å². The molecule has 176 valence electrons. The minimum Gasteiger partial charge on any atom is -0.379 e. The van der Waals surface area contributed by atoms with E-state index in [2.05, 4.69) is 4.57 Å². The molecule has 4 aromatic rings. The van der Waals surface area contributed by atoms with Crippen LogP contribution in [0.1, 0.15) is 17.7 Å². The van der Waals surface area contributed by atoms with E-state index in [9.17, 15) is 9.59 Å². The first-order valence-electron chi connectivity index (χ1n) is 11.7. The number of anilines is 1. The number of amidine groups is 1. The number of nitrogens with one attached hydrogen (secondary N) is 1. The highest BCUT2D eigenvalue weighted by Crippen LogP contribution is 2.42. The van der Waals surface area contributed by atoms with Crippen molar-refractivity contribution >= 4 is 61.8 Å². The first-order valence-corrected chi connectivity index (χ1v) is 12.6. The lowest BCUT2D eigenvalue weighted by atomic mass is 9.99. The van der Waals surface area contributed by atoms with Crippen LogP contribution < -0.4 is 10.6 Å². The third kappa shape index (κ3) is 3.39. The van der Waals surface area contributed by atoms with Gasteiger partial charge < -0.3 is 14.9 Å². The zero-order chi connectivity index (χ0) is 24.3. The Kier molecular flexibility index (Phi) is 5.07. The van der Waals surface area contributed by atoms with Crippen molar-refractivity contribution in [3.8, 4) is 0 Å². The predicted octanol–water partition coefficient (Wildman–Crippen LogP) is 4.28. The average molecular weight is 484 g/mol. The molecule has 2 aliphatic rings. The molecule has 1 unspecified atom stereocenters. The Balaban J connectivity index is 1.42. The van der Waals surface area contributed by atoms with Gasteiger partial charge in [0, 0.05) is 59.2 Å². The maximum Gasteiger partial charge on any atom is 0.266 e. The Hall–Kier alpha value is -3.78. The van der Waals surface area contributed by atoms with Crippen molar-refractivity contribution in [2.75, 3.05) is 10.7 Å². The summed E-state index contributed by atoms with van der Waals surface area (Å²) in [5.41, 5.74) is 10.5. The van der Waals surface area contributed by atoms with Crippen LogP contribution in [0.15, 0.2) is 60.8 Å². The van der Waals surface area contributed by atoms with Crippen LogP contribution in [0, 0.1) is 11.3 Å². The molecule has 35 heavy (non-hydrogen) atoms. The van der Waals surface area contributed by atoms with Gasteiger partial charge in [-0.25, -0.2) is 4.90 Å². The number of thioether (sulfide) groups is 1. The van der Waals surface area contributed by atoms with Gasteiger partial charge >= 0.3 is 0 Å². The van der Waals surface area contributed by atoms with Crippen molar-refractivity contribution in [2.45, 2.75) is 19.4 Å². The lowest BCUT2D eigenvalue weighted by Gasteiger charge is -2.26. The molecule has 1 atom stereocenters. The van der Waals surface area contributed by atoms with Gasteiger partial charge in [-0.05, 0) is 30.9 Å². The number of rotatable bonds is 4. The molecule has 0 fully saturated rings. The number of fused-ring (bicyclic) bond motifs is 4. The van der Waals surface area contributed by atoms with E-state index < -0.39 is 0 Å². The maximum absolute atomic E-state index is 13.8. The Labute approximate surface area is 206 Å². The molecule has 6 rings (SSSR count). The summed E-state index contributed by atoms with van der Waals surface area (Å²) < 4.78 is 4.23. The molecule has 0 aliphatic carbocycles. The molecule has 0 spiro atoms. The molecule has 0 bridgehead atoms. The number of hydrogen-bond acceptors (Lipinski definition) is 4. The number of aromatic nitrogens is 2. The monoisotopic (exact) mass is 483 g/mol. The number of carbonyl (C=O) groups is 2. The molecule has 3 N–H and O–H groups in total. The lowest BCUT2D eigenvalue weighted by molar-refractivity contribution is -0.119. The van der Waals surface area contributed by atoms with Crippen molar-refractivity contribution in [3.05, 3.63) is 72.1 Å². The van der Waals surface area contributed by atoms with Crippen molar-refractivity contribution in [2.24, 2.45) is 18.7 Å². The summed E-state index contributed by atoms with van der Waals surface area (Å²) in [6.07, 6.45) is 5.09. The number of aryl methyl sites for hydroxylation is 1. The maximum atomic E-state index is 13.8. The fourth-order valence-electron chi connectivity index (χ4n) is 5.51. The highest BCUT2D eigenvalue weighted by Gasteiger charge is 2.39. The van der Waals surface area contributed by atoms with Gasteiger partial charge in [0.25, 0.3) is 11.8 Å². The van der Waals surface area contributed by atoms with E-state index in [0.29, 0.717) is 17.2 Å². The van der Waals surface area contributed by atoms with Crippen LogP contribution >= 0.6 is 11.8 Å². The standard InChI is InChI=1S/C27H25N5O2S/c1-30-14-20(17-6-2-4-8-21(17)30)19-12-24(33)32(26(19)34)25-18-7-3-5-9-22(18)31-13-16(10-11-23(25)31)15-35-27(28)29/h2-9,12,14,16H,10-11,13,15H2,1H3,(H3,28,29). The Bertz CT molecular complexity index is 1580. The van der Waals surface area contributed by atoms with E-state index in [1.165, 1.54) is 22.7 Å². The Morgan fingerprint density at radius 2 is 1.80 bits per heavy atom. The third-order valence-corrected chi connectivity index (χ3v) is 8.04. The van der Waals surface area contributed by atoms with Crippen LogP contribution in [0.2, 0.25) is 0 Å². The Morgan fingerprint density at radius 3 is 2.57 bits per heavy atom. The van der Waals surface area contributed by atoms with E-state index in [0.717, 1.165) is 58.2 Å². The van der Waals surface area contributed by atoms with Crippen LogP contribution in [-0.2, 0) is 29.6 Å². The second-order valence-electron chi connectivity index (χ2n) is 9.21. The van der Waals surface area contributed by atoms with Crippen molar-refractivity contribution in [1.29, 1.82) is 5.41 Å². The summed E-state index contributed by atoms with van der Waals surface area (Å²) in [7, 11) is 1.95. The SMILES string of the molecule is Cn1cc(C2=CC(=O)N(c3c4n(c5ccccc35)CC(CSC(=N)N)CC4)C2=O)c2ccccc21. The number of nitrogens with zero attached hydrogens (tertiary/aromatic N) is 3. The second kappa shape index (κ2) is 8.16. The van der Waals surface area contributed by atoms with Crippen LogP contribution in [-0.4, -0.2) is 31.9 Å². The van der Waals surface area contributed by atoms with E-state index in [-0.39, 0.29) is 17.0 Å². The zero-order valence-corrected chi connectivity index (χ0v) is 20.1. The number of para-hydroxylation sites is 2. The third-order valence-electron chi connectivity index (χ3n) is 7.09. The fraction of sp³-hybridized carbons (Fsp3) is 0.222. The minimum atomic E-state index is -0.300. The first-order chi connectivity index (χ1) is 16.9. The fourth-order valence-corrected chi connectivity index (χ4v) is 6.20. The first kappa shape index (κ1) is 21.7. The molecule has 2 aromatic heterocycles. The molecular formula is C27H25N5O2S. The minimum absolute atomic E-state index is 0.133. The number of nitrogens with two attached hydrogens (primary N) is 1. The zero-order valence-electron chi connectivity index (χ0n) is 19.3. The topological polar surface area (TPSA) is 97.1 Å². The number of benzene rings is 2. The van der Waals surface area contributed by atoms with Gasteiger partial charge in [-0.2, -0.15) is 0 Å². The molecular weight excluding hydrogens is 458 g/mol. The summed E-state index contributed by atoms with van der Waals surface area (Å²) >= 11 is 1.37. The molecule has 2 amide bonds. The second-order valence-corrected chi connectivity index (χ2v) is 10.3. The highest BCUT2D eigenvalue weighted by molar-refractivity contribution is 8.13. The molecule has 7 nitrogen and oxygen atoms in total. The average Bonchev–Trinajstić information content (AvgIpc) is 3.46. The number of hydrogen-bond donors (Lipinski definition) is 2. The van der Waals surface area contributed by atoms with E-state index in [1.54, 1.807) is 0 Å². The molecule has 0 saturated carbocycles. The number of carbonyl (C=O) groups excluding carboxylic acids is 2. The predicted molar refractivity (Wildman–Crippen MR) is 142 cm³/mol. The van der Waals surface area contributed by atoms with Gasteiger partial charge in [0.1, 0.15) is 0 Å². The highest BCUT2D eigenvalue weighted by atomic mass is 32.2. The molecule has 8 heteroatoms. The summed E-state index contributed by atoms with van der Waals surface area (Å²) in [5, 5.41) is 9.54. The molecule has 2 aliphatic heterocycles. The summed E-state index contributed by atoms with van der Waals surface area (Å²) in [6.45, 7) is 0.774. The Morgan fingerprint density at radius 1 is 1.09 bits per heavy atom. The van der Waals surface area contributed by atoms with Crippen LogP contribution in [0.3, 0.4) is 0 Å². The van der Waals surface area contributed by atoms with Gasteiger partial charge in [0.15, 0.2) is 5.17 Å². The van der Waals surface area contributed by atoms with Crippen molar-refractivity contribution in [3.63, 3.8) is 0 Å². The van der Waals surface area contributed by atoms with E-state index in [4.69, 9.17) is 11.1 Å². The molecule has 0 radical (unpaired) electrons. The van der Waals surface area contributed by atoms with Crippen molar-refractivity contribution in [1.82, 2.24) is 9.13 Å². The normalized spacial score (nSPS) is 17.9. The van der Waals surface area contributed by atoms with E-state index in [1.807, 2.05) is 66.3 Å². The van der Waals surface area contributed by atoms with Gasteiger partial charge in [-0.3, -0.25) is 15.0 Å². The van der Waals surface area contributed by atoms with Gasteiger partial charge in [-0.1, -0.05) is 48.2 Å². The molecule has 4 heterocycles. The van der Waals surface area contributed by atoms with Crippen molar-refractivity contribution < 1.29 is 9.59 Å². The quantitative estimate of drug-likeness (QED) is 0.257. The summed E-state index contributed by atoms with van der Waals surface area (Å²) in [6, 6.07) is 15.9. The van der Waals surface area contributed by atoms with Gasteiger partial charge in [-0.15, -0.1) is 0 Å². The van der Waals surface area contributed by atoms with Crippen LogP contribution in [0.25, 0.3) is 27.4 Å². The smallest absolute Gasteiger partial charge is 0.266 e. The molecule has 2 aromatic carbocycles. The number of amides is 2. The molecule has 0 saturated heterocycles. The van der Waals surface area contributed by atoms with Crippen LogP contribution in [0.4, 0.5) is 5.69 Å². The van der Waals surface area contributed by atoms with Gasteiger partial charge in [0.05, 0.1) is 16.8 Å².